The molecule has 0 radical (unpaired) electrons. The maximum atomic E-state index is 11.2. The molecule has 1 aliphatic heterocycles. The molecule has 0 amide bonds. The molecule has 4 heteroatoms. The number of fused-ring (bicyclic) bond motifs is 1. The number of hydrogen-bond acceptors (Lipinski definition) is 3. The molecule has 3 rings (SSSR count). The van der Waals surface area contributed by atoms with E-state index in [0.717, 1.165) is 29.5 Å². The fourth-order valence-corrected chi connectivity index (χ4v) is 2.60. The van der Waals surface area contributed by atoms with Crippen LogP contribution in [-0.4, -0.2) is 29.1 Å². The molecule has 1 N–H and O–H groups in total. The average Bonchev–Trinajstić information content (AvgIpc) is 2.91. The lowest BCUT2D eigenvalue weighted by Gasteiger charge is -2.20. The van der Waals surface area contributed by atoms with Gasteiger partial charge in [0.05, 0.1) is 5.56 Å². The van der Waals surface area contributed by atoms with Crippen molar-refractivity contribution in [3.8, 4) is 0 Å². The van der Waals surface area contributed by atoms with Gasteiger partial charge in [0.15, 0.2) is 0 Å². The fraction of sp³-hybridized carbons (Fsp3) is 0.286. The summed E-state index contributed by atoms with van der Waals surface area (Å²) in [7, 11) is 0. The van der Waals surface area contributed by atoms with E-state index in [1.807, 2.05) is 6.07 Å². The van der Waals surface area contributed by atoms with E-state index < -0.39 is 5.97 Å². The van der Waals surface area contributed by atoms with Crippen LogP contribution in [0.1, 0.15) is 23.2 Å². The number of aromatic nitrogens is 1. The van der Waals surface area contributed by atoms with Crippen LogP contribution < -0.4 is 4.90 Å². The van der Waals surface area contributed by atoms with Crippen LogP contribution in [0.15, 0.2) is 30.6 Å². The largest absolute Gasteiger partial charge is 0.478 e. The van der Waals surface area contributed by atoms with Crippen LogP contribution in [0.5, 0.6) is 0 Å². The number of carboxylic acid groups (broad SMARTS) is 1. The predicted octanol–water partition coefficient (Wildman–Crippen LogP) is 2.53. The minimum atomic E-state index is -0.890. The van der Waals surface area contributed by atoms with Crippen molar-refractivity contribution in [2.24, 2.45) is 0 Å². The van der Waals surface area contributed by atoms with E-state index in [2.05, 4.69) is 9.88 Å². The van der Waals surface area contributed by atoms with Gasteiger partial charge in [-0.25, -0.2) is 4.79 Å². The number of carboxylic acids is 1. The van der Waals surface area contributed by atoms with Crippen LogP contribution in [-0.2, 0) is 0 Å². The predicted molar refractivity (Wildman–Crippen MR) is 70.1 cm³/mol. The van der Waals surface area contributed by atoms with E-state index in [1.54, 1.807) is 24.5 Å². The summed E-state index contributed by atoms with van der Waals surface area (Å²) < 4.78 is 0. The number of pyridine rings is 1. The Bertz CT molecular complexity index is 604. The highest BCUT2D eigenvalue weighted by Gasteiger charge is 2.17. The molecule has 18 heavy (non-hydrogen) atoms. The molecule has 0 saturated carbocycles. The minimum absolute atomic E-state index is 0.343. The van der Waals surface area contributed by atoms with Crippen LogP contribution in [0.3, 0.4) is 0 Å². The van der Waals surface area contributed by atoms with Crippen molar-refractivity contribution in [1.82, 2.24) is 4.98 Å². The first-order valence-corrected chi connectivity index (χ1v) is 6.12. The molecule has 0 unspecified atom stereocenters. The summed E-state index contributed by atoms with van der Waals surface area (Å²) in [4.78, 5) is 17.6. The number of anilines is 1. The summed E-state index contributed by atoms with van der Waals surface area (Å²) in [6.45, 7) is 2.08. The Morgan fingerprint density at radius 3 is 2.67 bits per heavy atom. The summed E-state index contributed by atoms with van der Waals surface area (Å²) >= 11 is 0. The highest BCUT2D eigenvalue weighted by molar-refractivity contribution is 6.07. The zero-order valence-electron chi connectivity index (χ0n) is 9.97. The van der Waals surface area contributed by atoms with E-state index >= 15 is 0 Å². The third-order valence-electron chi connectivity index (χ3n) is 3.47. The van der Waals surface area contributed by atoms with E-state index in [9.17, 15) is 9.90 Å². The molecule has 1 saturated heterocycles. The maximum Gasteiger partial charge on any atom is 0.336 e. The van der Waals surface area contributed by atoms with Gasteiger partial charge in [-0.2, -0.15) is 0 Å². The number of benzene rings is 1. The molecule has 0 atom stereocenters. The Morgan fingerprint density at radius 2 is 1.94 bits per heavy atom. The Morgan fingerprint density at radius 1 is 1.17 bits per heavy atom. The van der Waals surface area contributed by atoms with Crippen molar-refractivity contribution in [3.05, 3.63) is 36.2 Å². The van der Waals surface area contributed by atoms with Gasteiger partial charge in [0.25, 0.3) is 0 Å². The third-order valence-corrected chi connectivity index (χ3v) is 3.47. The van der Waals surface area contributed by atoms with Crippen molar-refractivity contribution in [3.63, 3.8) is 0 Å². The highest BCUT2D eigenvalue weighted by atomic mass is 16.4. The highest BCUT2D eigenvalue weighted by Crippen LogP contribution is 2.30. The normalized spacial score (nSPS) is 15.2. The number of hydrogen-bond donors (Lipinski definition) is 1. The first kappa shape index (κ1) is 11.0. The first-order valence-electron chi connectivity index (χ1n) is 6.12. The second kappa shape index (κ2) is 4.29. The van der Waals surface area contributed by atoms with Gasteiger partial charge >= 0.3 is 5.97 Å². The SMILES string of the molecule is O=C(O)c1ccc(N2CCCC2)c2cnccc12. The molecular formula is C14H14N2O2. The van der Waals surface area contributed by atoms with Gasteiger partial charge in [-0.1, -0.05) is 0 Å². The average molecular weight is 242 g/mol. The summed E-state index contributed by atoms with van der Waals surface area (Å²) in [5.74, 6) is -0.890. The van der Waals surface area contributed by atoms with Crippen molar-refractivity contribution >= 4 is 22.4 Å². The topological polar surface area (TPSA) is 53.4 Å². The van der Waals surface area contributed by atoms with Crippen LogP contribution >= 0.6 is 0 Å². The van der Waals surface area contributed by atoms with Crippen LogP contribution in [0, 0.1) is 0 Å². The maximum absolute atomic E-state index is 11.2. The van der Waals surface area contributed by atoms with Gasteiger partial charge in [-0.05, 0) is 31.0 Å². The molecule has 1 aromatic heterocycles. The van der Waals surface area contributed by atoms with Crippen LogP contribution in [0.4, 0.5) is 5.69 Å². The van der Waals surface area contributed by atoms with Crippen molar-refractivity contribution in [2.45, 2.75) is 12.8 Å². The second-order valence-electron chi connectivity index (χ2n) is 4.55. The van der Waals surface area contributed by atoms with E-state index in [1.165, 1.54) is 12.8 Å². The van der Waals surface area contributed by atoms with Crippen LogP contribution in [0.2, 0.25) is 0 Å². The molecule has 2 heterocycles. The van der Waals surface area contributed by atoms with E-state index in [4.69, 9.17) is 0 Å². The number of rotatable bonds is 2. The Kier molecular flexibility index (Phi) is 2.63. The van der Waals surface area contributed by atoms with Crippen LogP contribution in [0.25, 0.3) is 10.8 Å². The summed E-state index contributed by atoms with van der Waals surface area (Å²) in [6, 6.07) is 5.37. The molecule has 0 spiro atoms. The van der Waals surface area contributed by atoms with Crippen molar-refractivity contribution in [1.29, 1.82) is 0 Å². The third kappa shape index (κ3) is 1.70. The zero-order valence-corrected chi connectivity index (χ0v) is 9.97. The van der Waals surface area contributed by atoms with Gasteiger partial charge < -0.3 is 10.0 Å². The van der Waals surface area contributed by atoms with Gasteiger partial charge in [-0.15, -0.1) is 0 Å². The smallest absolute Gasteiger partial charge is 0.336 e. The van der Waals surface area contributed by atoms with Crippen molar-refractivity contribution in [2.75, 3.05) is 18.0 Å². The molecule has 0 aliphatic carbocycles. The number of carbonyl (C=O) groups is 1. The molecule has 4 nitrogen and oxygen atoms in total. The standard InChI is InChI=1S/C14H14N2O2/c17-14(18)11-3-4-13(16-7-1-2-8-16)12-9-15-6-5-10(11)12/h3-6,9H,1-2,7-8H2,(H,17,18). The monoisotopic (exact) mass is 242 g/mol. The molecule has 1 aliphatic rings. The molecular weight excluding hydrogens is 228 g/mol. The van der Waals surface area contributed by atoms with E-state index in [-0.39, 0.29) is 0 Å². The van der Waals surface area contributed by atoms with Gasteiger partial charge in [0, 0.05) is 41.9 Å². The number of aromatic carboxylic acids is 1. The first-order chi connectivity index (χ1) is 8.77. The molecule has 2 aromatic rings. The minimum Gasteiger partial charge on any atom is -0.478 e. The molecule has 1 aromatic carbocycles. The molecule has 0 bridgehead atoms. The summed E-state index contributed by atoms with van der Waals surface area (Å²) in [5, 5.41) is 10.9. The molecule has 92 valence electrons. The lowest BCUT2D eigenvalue weighted by atomic mass is 10.0. The van der Waals surface area contributed by atoms with Crippen molar-refractivity contribution < 1.29 is 9.90 Å². The van der Waals surface area contributed by atoms with Gasteiger partial charge in [0.1, 0.15) is 0 Å². The van der Waals surface area contributed by atoms with E-state index in [0.29, 0.717) is 5.56 Å². The number of nitrogens with zero attached hydrogens (tertiary/aromatic N) is 2. The molecule has 1 fully saturated rings. The Hall–Kier alpha value is -2.10. The Labute approximate surface area is 105 Å². The zero-order chi connectivity index (χ0) is 12.5. The summed E-state index contributed by atoms with van der Waals surface area (Å²) in [6.07, 6.45) is 5.79. The van der Waals surface area contributed by atoms with Gasteiger partial charge in [0.2, 0.25) is 0 Å². The lowest BCUT2D eigenvalue weighted by molar-refractivity contribution is 0.0699. The van der Waals surface area contributed by atoms with Gasteiger partial charge in [-0.3, -0.25) is 4.98 Å². The second-order valence-corrected chi connectivity index (χ2v) is 4.55. The lowest BCUT2D eigenvalue weighted by Crippen LogP contribution is -2.18. The Balaban J connectivity index is 2.22. The summed E-state index contributed by atoms with van der Waals surface area (Å²) in [5.41, 5.74) is 1.44. The quantitative estimate of drug-likeness (QED) is 0.879. The fourth-order valence-electron chi connectivity index (χ4n) is 2.60.